The van der Waals surface area contributed by atoms with Gasteiger partial charge in [-0.2, -0.15) is 0 Å². The van der Waals surface area contributed by atoms with Crippen LogP contribution in [-0.2, 0) is 0 Å². The minimum atomic E-state index is -0.708. The molecule has 0 aliphatic carbocycles. The van der Waals surface area contributed by atoms with E-state index in [0.717, 1.165) is 12.8 Å². The SMILES string of the molecule is CCCCN(CC)C(=O)c1ccnc(NN)c1F. The summed E-state index contributed by atoms with van der Waals surface area (Å²) in [6, 6.07) is 1.37. The molecule has 18 heavy (non-hydrogen) atoms. The van der Waals surface area contributed by atoms with Crippen molar-refractivity contribution in [2.75, 3.05) is 18.5 Å². The van der Waals surface area contributed by atoms with Gasteiger partial charge in [0.1, 0.15) is 0 Å². The number of hydrogen-bond donors (Lipinski definition) is 2. The van der Waals surface area contributed by atoms with Gasteiger partial charge in [-0.1, -0.05) is 13.3 Å². The van der Waals surface area contributed by atoms with Crippen molar-refractivity contribution in [1.29, 1.82) is 0 Å². The number of halogens is 1. The number of hydrazine groups is 1. The number of nitrogens with zero attached hydrogens (tertiary/aromatic N) is 2. The highest BCUT2D eigenvalue weighted by Crippen LogP contribution is 2.16. The zero-order chi connectivity index (χ0) is 13.5. The van der Waals surface area contributed by atoms with Crippen LogP contribution < -0.4 is 11.3 Å². The average molecular weight is 254 g/mol. The molecule has 0 fully saturated rings. The number of anilines is 1. The maximum absolute atomic E-state index is 13.9. The summed E-state index contributed by atoms with van der Waals surface area (Å²) < 4.78 is 13.9. The van der Waals surface area contributed by atoms with Gasteiger partial charge in [-0.3, -0.25) is 4.79 Å². The van der Waals surface area contributed by atoms with Gasteiger partial charge in [0.25, 0.3) is 5.91 Å². The smallest absolute Gasteiger partial charge is 0.257 e. The molecule has 0 aliphatic heterocycles. The fourth-order valence-corrected chi connectivity index (χ4v) is 1.63. The van der Waals surface area contributed by atoms with Gasteiger partial charge in [0.05, 0.1) is 5.56 Å². The Balaban J connectivity index is 2.94. The van der Waals surface area contributed by atoms with Crippen LogP contribution >= 0.6 is 0 Å². The molecule has 0 radical (unpaired) electrons. The van der Waals surface area contributed by atoms with E-state index in [-0.39, 0.29) is 17.3 Å². The van der Waals surface area contributed by atoms with Gasteiger partial charge in [0, 0.05) is 19.3 Å². The van der Waals surface area contributed by atoms with Gasteiger partial charge >= 0.3 is 0 Å². The normalized spacial score (nSPS) is 10.2. The van der Waals surface area contributed by atoms with Crippen LogP contribution in [0.25, 0.3) is 0 Å². The topological polar surface area (TPSA) is 71.2 Å². The summed E-state index contributed by atoms with van der Waals surface area (Å²) in [7, 11) is 0. The molecule has 3 N–H and O–H groups in total. The molecule has 100 valence electrons. The molecule has 1 aromatic heterocycles. The van der Waals surface area contributed by atoms with Gasteiger partial charge in [0.15, 0.2) is 11.6 Å². The Morgan fingerprint density at radius 1 is 1.56 bits per heavy atom. The summed E-state index contributed by atoms with van der Waals surface area (Å²) in [5.41, 5.74) is 2.13. The van der Waals surface area contributed by atoms with E-state index in [1.807, 2.05) is 13.8 Å². The Bertz CT molecular complexity index is 411. The molecule has 1 amide bonds. The molecule has 0 aromatic carbocycles. The third-order valence-electron chi connectivity index (χ3n) is 2.71. The van der Waals surface area contributed by atoms with Crippen molar-refractivity contribution < 1.29 is 9.18 Å². The van der Waals surface area contributed by atoms with Gasteiger partial charge < -0.3 is 10.3 Å². The lowest BCUT2D eigenvalue weighted by Crippen LogP contribution is -2.32. The van der Waals surface area contributed by atoms with Crippen molar-refractivity contribution in [2.45, 2.75) is 26.7 Å². The van der Waals surface area contributed by atoms with E-state index in [1.165, 1.54) is 12.3 Å². The largest absolute Gasteiger partial charge is 0.339 e. The van der Waals surface area contributed by atoms with Crippen molar-refractivity contribution in [3.63, 3.8) is 0 Å². The molecule has 0 unspecified atom stereocenters. The van der Waals surface area contributed by atoms with Crippen molar-refractivity contribution in [2.24, 2.45) is 5.84 Å². The number of pyridine rings is 1. The molecule has 0 atom stereocenters. The standard InChI is InChI=1S/C12H19FN4O/c1-3-5-8-17(4-2)12(18)9-6-7-15-11(16-14)10(9)13/h6-7H,3-5,8,14H2,1-2H3,(H,15,16). The first-order valence-corrected chi connectivity index (χ1v) is 6.06. The molecule has 0 saturated heterocycles. The van der Waals surface area contributed by atoms with E-state index in [1.54, 1.807) is 4.90 Å². The fraction of sp³-hybridized carbons (Fsp3) is 0.500. The number of carbonyl (C=O) groups excluding carboxylic acids is 1. The van der Waals surface area contributed by atoms with Crippen LogP contribution in [-0.4, -0.2) is 28.9 Å². The summed E-state index contributed by atoms with van der Waals surface area (Å²) in [5, 5.41) is 0. The van der Waals surface area contributed by atoms with Crippen LogP contribution in [0.1, 0.15) is 37.0 Å². The third kappa shape index (κ3) is 3.16. The molecule has 0 spiro atoms. The van der Waals surface area contributed by atoms with Crippen LogP contribution in [0, 0.1) is 5.82 Å². The maximum atomic E-state index is 13.9. The minimum absolute atomic E-state index is 0.00379. The minimum Gasteiger partial charge on any atom is -0.339 e. The number of carbonyl (C=O) groups is 1. The first-order chi connectivity index (χ1) is 8.65. The lowest BCUT2D eigenvalue weighted by molar-refractivity contribution is 0.0757. The predicted octanol–water partition coefficient (Wildman–Crippen LogP) is 1.77. The number of nitrogen functional groups attached to an aromatic ring is 1. The zero-order valence-corrected chi connectivity index (χ0v) is 10.7. The summed E-state index contributed by atoms with van der Waals surface area (Å²) in [4.78, 5) is 17.5. The lowest BCUT2D eigenvalue weighted by atomic mass is 10.2. The van der Waals surface area contributed by atoms with E-state index in [4.69, 9.17) is 5.84 Å². The molecule has 0 aliphatic rings. The summed E-state index contributed by atoms with van der Waals surface area (Å²) >= 11 is 0. The molecule has 6 heteroatoms. The molecular weight excluding hydrogens is 235 g/mol. The Morgan fingerprint density at radius 2 is 2.28 bits per heavy atom. The van der Waals surface area contributed by atoms with Gasteiger partial charge in [0.2, 0.25) is 0 Å². The van der Waals surface area contributed by atoms with Crippen LogP contribution in [0.3, 0.4) is 0 Å². The van der Waals surface area contributed by atoms with Crippen LogP contribution in [0.4, 0.5) is 10.2 Å². The number of unbranched alkanes of at least 4 members (excludes halogenated alkanes) is 1. The van der Waals surface area contributed by atoms with Crippen LogP contribution in [0.15, 0.2) is 12.3 Å². The van der Waals surface area contributed by atoms with E-state index in [2.05, 4.69) is 10.4 Å². The predicted molar refractivity (Wildman–Crippen MR) is 68.5 cm³/mol. The quantitative estimate of drug-likeness (QED) is 0.599. The van der Waals surface area contributed by atoms with E-state index in [0.29, 0.717) is 13.1 Å². The molecule has 1 heterocycles. The van der Waals surface area contributed by atoms with Gasteiger partial charge in [-0.05, 0) is 19.4 Å². The number of aromatic nitrogens is 1. The molecule has 1 rings (SSSR count). The molecular formula is C12H19FN4O. The Morgan fingerprint density at radius 3 is 2.83 bits per heavy atom. The molecule has 5 nitrogen and oxygen atoms in total. The van der Waals surface area contributed by atoms with Crippen molar-refractivity contribution in [1.82, 2.24) is 9.88 Å². The van der Waals surface area contributed by atoms with E-state index < -0.39 is 5.82 Å². The Hall–Kier alpha value is -1.69. The number of nitrogens with one attached hydrogen (secondary N) is 1. The van der Waals surface area contributed by atoms with Gasteiger partial charge in [-0.15, -0.1) is 0 Å². The highest BCUT2D eigenvalue weighted by atomic mass is 19.1. The second-order valence-electron chi connectivity index (χ2n) is 3.90. The van der Waals surface area contributed by atoms with Crippen LogP contribution in [0.5, 0.6) is 0 Å². The van der Waals surface area contributed by atoms with Crippen molar-refractivity contribution in [3.8, 4) is 0 Å². The number of hydrogen-bond acceptors (Lipinski definition) is 4. The van der Waals surface area contributed by atoms with Gasteiger partial charge in [-0.25, -0.2) is 15.2 Å². The maximum Gasteiger partial charge on any atom is 0.257 e. The summed E-state index contributed by atoms with van der Waals surface area (Å²) in [6.07, 6.45) is 3.24. The zero-order valence-electron chi connectivity index (χ0n) is 10.7. The third-order valence-corrected chi connectivity index (χ3v) is 2.71. The van der Waals surface area contributed by atoms with E-state index >= 15 is 0 Å². The lowest BCUT2D eigenvalue weighted by Gasteiger charge is -2.21. The summed E-state index contributed by atoms with van der Waals surface area (Å²) in [5.74, 6) is 3.97. The average Bonchev–Trinajstić information content (AvgIpc) is 2.39. The summed E-state index contributed by atoms with van der Waals surface area (Å²) in [6.45, 7) is 5.08. The highest BCUT2D eigenvalue weighted by Gasteiger charge is 2.20. The molecule has 0 bridgehead atoms. The van der Waals surface area contributed by atoms with Crippen molar-refractivity contribution >= 4 is 11.7 Å². The molecule has 0 saturated carbocycles. The highest BCUT2D eigenvalue weighted by molar-refractivity contribution is 5.95. The number of rotatable bonds is 6. The second-order valence-corrected chi connectivity index (χ2v) is 3.90. The number of amides is 1. The molecule has 1 aromatic rings. The number of nitrogens with two attached hydrogens (primary N) is 1. The second kappa shape index (κ2) is 6.90. The first kappa shape index (κ1) is 14.4. The fourth-order valence-electron chi connectivity index (χ4n) is 1.63. The Kier molecular flexibility index (Phi) is 5.51. The first-order valence-electron chi connectivity index (χ1n) is 6.06. The van der Waals surface area contributed by atoms with Crippen molar-refractivity contribution in [3.05, 3.63) is 23.6 Å². The van der Waals surface area contributed by atoms with E-state index in [9.17, 15) is 9.18 Å². The van der Waals surface area contributed by atoms with Crippen LogP contribution in [0.2, 0.25) is 0 Å². The monoisotopic (exact) mass is 254 g/mol. The Labute approximate surface area is 106 Å².